The molecule has 0 fully saturated rings. The van der Waals surface area contributed by atoms with Gasteiger partial charge in [0.05, 0.1) is 21.3 Å². The molecule has 0 saturated heterocycles. The zero-order chi connectivity index (χ0) is 13.5. The highest BCUT2D eigenvalue weighted by molar-refractivity contribution is 6.19. The maximum atomic E-state index is 5.87. The van der Waals surface area contributed by atoms with Gasteiger partial charge in [-0.2, -0.15) is 0 Å². The topological polar surface area (TPSA) is 27.7 Å². The number of methoxy groups -OCH3 is 3. The predicted molar refractivity (Wildman–Crippen MR) is 75.1 cm³/mol. The normalized spacial score (nSPS) is 11.3. The molecule has 0 N–H and O–H groups in total. The van der Waals surface area contributed by atoms with Crippen molar-refractivity contribution in [3.05, 3.63) is 23.3 Å². The summed E-state index contributed by atoms with van der Waals surface area (Å²) in [5, 5.41) is 0. The van der Waals surface area contributed by atoms with Gasteiger partial charge in [0.2, 0.25) is 5.75 Å². The van der Waals surface area contributed by atoms with Gasteiger partial charge in [-0.1, -0.05) is 18.6 Å². The molecule has 4 heteroatoms. The van der Waals surface area contributed by atoms with E-state index in [0.29, 0.717) is 23.1 Å². The predicted octanol–water partition coefficient (Wildman–Crippen LogP) is 3.74. The van der Waals surface area contributed by atoms with E-state index in [0.717, 1.165) is 17.6 Å². The van der Waals surface area contributed by atoms with Crippen molar-refractivity contribution in [1.29, 1.82) is 0 Å². The summed E-state index contributed by atoms with van der Waals surface area (Å²) >= 11 is 5.87. The molecule has 0 bridgehead atoms. The van der Waals surface area contributed by atoms with E-state index >= 15 is 0 Å². The number of allylic oxidation sites excluding steroid dienone is 1. The molecule has 1 aromatic carbocycles. The third kappa shape index (κ3) is 3.33. The molecule has 0 aliphatic heterocycles. The number of hydrogen-bond donors (Lipinski definition) is 0. The number of ether oxygens (including phenoxy) is 3. The minimum absolute atomic E-state index is 0.521. The Kier molecular flexibility index (Phi) is 5.86. The average molecular weight is 271 g/mol. The molecule has 100 valence electrons. The number of alkyl halides is 1. The van der Waals surface area contributed by atoms with E-state index in [1.165, 1.54) is 0 Å². The molecule has 0 radical (unpaired) electrons. The molecule has 18 heavy (non-hydrogen) atoms. The van der Waals surface area contributed by atoms with Crippen LogP contribution in [0.2, 0.25) is 0 Å². The fraction of sp³-hybridized carbons (Fsp3) is 0.429. The molecule has 0 aliphatic rings. The van der Waals surface area contributed by atoms with Crippen molar-refractivity contribution >= 4 is 17.7 Å². The van der Waals surface area contributed by atoms with Crippen LogP contribution in [-0.4, -0.2) is 27.2 Å². The zero-order valence-electron chi connectivity index (χ0n) is 11.2. The monoisotopic (exact) mass is 270 g/mol. The van der Waals surface area contributed by atoms with E-state index in [9.17, 15) is 0 Å². The van der Waals surface area contributed by atoms with Gasteiger partial charge in [0.25, 0.3) is 0 Å². The van der Waals surface area contributed by atoms with Gasteiger partial charge in [0.15, 0.2) is 11.5 Å². The lowest BCUT2D eigenvalue weighted by Crippen LogP contribution is -1.96. The minimum Gasteiger partial charge on any atom is -0.493 e. The summed E-state index contributed by atoms with van der Waals surface area (Å²) in [7, 11) is 4.80. The molecule has 0 atom stereocenters. The first-order valence-electron chi connectivity index (χ1n) is 5.75. The lowest BCUT2D eigenvalue weighted by Gasteiger charge is -2.13. The van der Waals surface area contributed by atoms with Gasteiger partial charge in [0.1, 0.15) is 0 Å². The molecule has 1 aromatic rings. The Morgan fingerprint density at radius 3 is 2.00 bits per heavy atom. The van der Waals surface area contributed by atoms with Crippen molar-refractivity contribution in [2.75, 3.05) is 27.2 Å². The SMILES string of the molecule is CCC(=Cc1cc(OC)c(OC)c(OC)c1)CCl. The van der Waals surface area contributed by atoms with Gasteiger partial charge >= 0.3 is 0 Å². The highest BCUT2D eigenvalue weighted by Crippen LogP contribution is 2.38. The minimum atomic E-state index is 0.521. The van der Waals surface area contributed by atoms with E-state index in [1.54, 1.807) is 21.3 Å². The number of halogens is 1. The van der Waals surface area contributed by atoms with Gasteiger partial charge in [-0.25, -0.2) is 0 Å². The van der Waals surface area contributed by atoms with Gasteiger partial charge in [0, 0.05) is 5.88 Å². The highest BCUT2D eigenvalue weighted by atomic mass is 35.5. The summed E-state index contributed by atoms with van der Waals surface area (Å²) in [6.07, 6.45) is 2.96. The molecular weight excluding hydrogens is 252 g/mol. The van der Waals surface area contributed by atoms with E-state index < -0.39 is 0 Å². The van der Waals surface area contributed by atoms with Crippen LogP contribution in [0.4, 0.5) is 0 Å². The molecule has 0 aromatic heterocycles. The first kappa shape index (κ1) is 14.7. The fourth-order valence-electron chi connectivity index (χ4n) is 1.66. The van der Waals surface area contributed by atoms with Crippen LogP contribution in [0.25, 0.3) is 6.08 Å². The second-order valence-corrected chi connectivity index (χ2v) is 4.02. The van der Waals surface area contributed by atoms with Gasteiger partial charge in [-0.3, -0.25) is 0 Å². The molecule has 0 unspecified atom stereocenters. The standard InChI is InChI=1S/C14H19ClO3/c1-5-10(9-15)6-11-7-12(16-2)14(18-4)13(8-11)17-3/h6-8H,5,9H2,1-4H3. The lowest BCUT2D eigenvalue weighted by molar-refractivity contribution is 0.324. The Morgan fingerprint density at radius 1 is 1.11 bits per heavy atom. The summed E-state index contributed by atoms with van der Waals surface area (Å²) in [6.45, 7) is 2.08. The Labute approximate surface area is 113 Å². The van der Waals surface area contributed by atoms with Crippen LogP contribution >= 0.6 is 11.6 Å². The number of hydrogen-bond acceptors (Lipinski definition) is 3. The third-order valence-electron chi connectivity index (χ3n) is 2.68. The molecule has 0 heterocycles. The van der Waals surface area contributed by atoms with E-state index in [1.807, 2.05) is 18.2 Å². The average Bonchev–Trinajstić information content (AvgIpc) is 2.43. The van der Waals surface area contributed by atoms with Crippen LogP contribution in [0.3, 0.4) is 0 Å². The van der Waals surface area contributed by atoms with Gasteiger partial charge < -0.3 is 14.2 Å². The number of rotatable bonds is 6. The van der Waals surface area contributed by atoms with Crippen molar-refractivity contribution in [3.63, 3.8) is 0 Å². The summed E-state index contributed by atoms with van der Waals surface area (Å²) in [5.41, 5.74) is 2.15. The van der Waals surface area contributed by atoms with Crippen LogP contribution in [0.15, 0.2) is 17.7 Å². The Hall–Kier alpha value is -1.35. The van der Waals surface area contributed by atoms with Crippen molar-refractivity contribution in [2.45, 2.75) is 13.3 Å². The van der Waals surface area contributed by atoms with E-state index in [4.69, 9.17) is 25.8 Å². The van der Waals surface area contributed by atoms with E-state index in [-0.39, 0.29) is 0 Å². The van der Waals surface area contributed by atoms with Crippen molar-refractivity contribution in [3.8, 4) is 17.2 Å². The first-order chi connectivity index (χ1) is 8.69. The maximum absolute atomic E-state index is 5.87. The molecule has 0 aliphatic carbocycles. The quantitative estimate of drug-likeness (QED) is 0.737. The summed E-state index contributed by atoms with van der Waals surface area (Å²) in [4.78, 5) is 0. The van der Waals surface area contributed by atoms with E-state index in [2.05, 4.69) is 6.92 Å². The van der Waals surface area contributed by atoms with Gasteiger partial charge in [-0.05, 0) is 24.1 Å². The van der Waals surface area contributed by atoms with Crippen LogP contribution in [-0.2, 0) is 0 Å². The molecular formula is C14H19ClO3. The molecule has 0 saturated carbocycles. The summed E-state index contributed by atoms with van der Waals surface area (Å²) in [6, 6.07) is 3.81. The first-order valence-corrected chi connectivity index (χ1v) is 6.29. The molecule has 1 rings (SSSR count). The second-order valence-electron chi connectivity index (χ2n) is 3.75. The molecule has 3 nitrogen and oxygen atoms in total. The Morgan fingerprint density at radius 2 is 1.67 bits per heavy atom. The van der Waals surface area contributed by atoms with Crippen molar-refractivity contribution < 1.29 is 14.2 Å². The Bertz CT molecular complexity index is 396. The fourth-order valence-corrected chi connectivity index (χ4v) is 1.92. The summed E-state index contributed by atoms with van der Waals surface area (Å²) < 4.78 is 15.9. The highest BCUT2D eigenvalue weighted by Gasteiger charge is 2.12. The second kappa shape index (κ2) is 7.17. The maximum Gasteiger partial charge on any atom is 0.203 e. The van der Waals surface area contributed by atoms with Crippen LogP contribution < -0.4 is 14.2 Å². The van der Waals surface area contributed by atoms with Crippen molar-refractivity contribution in [1.82, 2.24) is 0 Å². The largest absolute Gasteiger partial charge is 0.493 e. The Balaban J connectivity index is 3.27. The van der Waals surface area contributed by atoms with Crippen LogP contribution in [0.5, 0.6) is 17.2 Å². The van der Waals surface area contributed by atoms with Crippen LogP contribution in [0, 0.1) is 0 Å². The number of benzene rings is 1. The smallest absolute Gasteiger partial charge is 0.203 e. The molecule has 0 amide bonds. The van der Waals surface area contributed by atoms with Crippen molar-refractivity contribution in [2.24, 2.45) is 0 Å². The molecule has 0 spiro atoms. The van der Waals surface area contributed by atoms with Gasteiger partial charge in [-0.15, -0.1) is 11.6 Å². The zero-order valence-corrected chi connectivity index (χ0v) is 12.0. The lowest BCUT2D eigenvalue weighted by atomic mass is 10.1. The summed E-state index contributed by atoms with van der Waals surface area (Å²) in [5.74, 6) is 2.41. The van der Waals surface area contributed by atoms with Crippen LogP contribution in [0.1, 0.15) is 18.9 Å². The third-order valence-corrected chi connectivity index (χ3v) is 3.03.